The maximum Gasteiger partial charge on any atom is 0.327 e. The second kappa shape index (κ2) is 7.08. The van der Waals surface area contributed by atoms with E-state index in [0.717, 1.165) is 0 Å². The molecule has 8 heteroatoms. The van der Waals surface area contributed by atoms with Crippen molar-refractivity contribution in [3.05, 3.63) is 24.3 Å². The number of methoxy groups -OCH3 is 1. The van der Waals surface area contributed by atoms with Crippen LogP contribution in [0.3, 0.4) is 0 Å². The lowest BCUT2D eigenvalue weighted by atomic mass is 10.2. The fraction of sp³-hybridized carbons (Fsp3) is 0.500. The van der Waals surface area contributed by atoms with Crippen LogP contribution in [0.25, 0.3) is 0 Å². The van der Waals surface area contributed by atoms with Gasteiger partial charge in [-0.3, -0.25) is 4.79 Å². The van der Waals surface area contributed by atoms with E-state index in [9.17, 15) is 18.3 Å². The molecule has 1 unspecified atom stereocenters. The van der Waals surface area contributed by atoms with Crippen LogP contribution in [0.1, 0.15) is 20.8 Å². The van der Waals surface area contributed by atoms with Crippen LogP contribution in [0.15, 0.2) is 29.2 Å². The number of hydrogen-bond donors (Lipinski definition) is 2. The summed E-state index contributed by atoms with van der Waals surface area (Å²) in [6.45, 7) is 4.25. The second-order valence-corrected chi connectivity index (χ2v) is 7.28. The third kappa shape index (κ3) is 5.28. The fourth-order valence-corrected chi connectivity index (χ4v) is 2.72. The summed E-state index contributed by atoms with van der Waals surface area (Å²) >= 11 is 0. The molecule has 0 bridgehead atoms. The zero-order valence-corrected chi connectivity index (χ0v) is 13.8. The first kappa shape index (κ1) is 18.4. The van der Waals surface area contributed by atoms with Crippen molar-refractivity contribution >= 4 is 16.0 Å². The molecule has 0 saturated heterocycles. The van der Waals surface area contributed by atoms with E-state index in [2.05, 4.69) is 4.72 Å². The van der Waals surface area contributed by atoms with Crippen molar-refractivity contribution in [1.82, 2.24) is 4.72 Å². The first-order chi connectivity index (χ1) is 10.1. The van der Waals surface area contributed by atoms with E-state index >= 15 is 0 Å². The minimum Gasteiger partial charge on any atom is -0.497 e. The zero-order chi connectivity index (χ0) is 17.0. The highest BCUT2D eigenvalue weighted by atomic mass is 32.2. The Morgan fingerprint density at radius 2 is 1.82 bits per heavy atom. The summed E-state index contributed by atoms with van der Waals surface area (Å²) in [7, 11) is -2.50. The van der Waals surface area contributed by atoms with E-state index in [-0.39, 0.29) is 4.90 Å². The van der Waals surface area contributed by atoms with Crippen LogP contribution in [0, 0.1) is 0 Å². The van der Waals surface area contributed by atoms with Crippen molar-refractivity contribution in [2.45, 2.75) is 37.3 Å². The van der Waals surface area contributed by atoms with E-state index in [0.29, 0.717) is 5.75 Å². The molecule has 0 radical (unpaired) electrons. The Bertz CT molecular complexity index is 603. The van der Waals surface area contributed by atoms with Gasteiger partial charge < -0.3 is 14.6 Å². The van der Waals surface area contributed by atoms with Crippen LogP contribution in [0.5, 0.6) is 5.75 Å². The van der Waals surface area contributed by atoms with E-state index in [4.69, 9.17) is 9.47 Å². The number of ether oxygens (including phenoxy) is 2. The molecule has 0 heterocycles. The van der Waals surface area contributed by atoms with Gasteiger partial charge in [-0.1, -0.05) is 0 Å². The lowest BCUT2D eigenvalue weighted by Gasteiger charge is -2.23. The summed E-state index contributed by atoms with van der Waals surface area (Å²) in [5.74, 6) is -0.336. The molecule has 0 spiro atoms. The number of aliphatic hydroxyl groups excluding tert-OH is 1. The normalized spacial score (nSPS) is 13.5. The number of rotatable bonds is 6. The Hall–Kier alpha value is -1.64. The predicted octanol–water partition coefficient (Wildman–Crippen LogP) is 0.676. The number of nitrogens with one attached hydrogen (secondary N) is 1. The molecule has 0 aliphatic carbocycles. The van der Waals surface area contributed by atoms with E-state index in [1.807, 2.05) is 0 Å². The molecule has 2 N–H and O–H groups in total. The largest absolute Gasteiger partial charge is 0.497 e. The molecule has 7 nitrogen and oxygen atoms in total. The highest BCUT2D eigenvalue weighted by molar-refractivity contribution is 7.89. The number of aliphatic hydroxyl groups is 1. The number of benzene rings is 1. The minimum absolute atomic E-state index is 0.0460. The van der Waals surface area contributed by atoms with E-state index < -0.39 is 34.2 Å². The molecule has 1 rings (SSSR count). The van der Waals surface area contributed by atoms with Crippen molar-refractivity contribution in [3.63, 3.8) is 0 Å². The molecular formula is C14H21NO6S. The molecule has 22 heavy (non-hydrogen) atoms. The topological polar surface area (TPSA) is 102 Å². The van der Waals surface area contributed by atoms with Gasteiger partial charge in [-0.15, -0.1) is 0 Å². The Labute approximate surface area is 130 Å². The molecule has 0 fully saturated rings. The molecule has 0 saturated carbocycles. The van der Waals surface area contributed by atoms with Gasteiger partial charge in [-0.25, -0.2) is 8.42 Å². The number of carbonyl (C=O) groups excluding carboxylic acids is 1. The molecule has 124 valence electrons. The maximum absolute atomic E-state index is 12.2. The van der Waals surface area contributed by atoms with Gasteiger partial charge in [0.25, 0.3) is 0 Å². The Morgan fingerprint density at radius 1 is 1.27 bits per heavy atom. The van der Waals surface area contributed by atoms with Crippen LogP contribution < -0.4 is 9.46 Å². The summed E-state index contributed by atoms with van der Waals surface area (Å²) in [5, 5.41) is 9.24. The summed E-state index contributed by atoms with van der Waals surface area (Å²) < 4.78 is 36.5. The van der Waals surface area contributed by atoms with Crippen LogP contribution in [0.2, 0.25) is 0 Å². The first-order valence-corrected chi connectivity index (χ1v) is 8.07. The van der Waals surface area contributed by atoms with Crippen LogP contribution in [-0.2, 0) is 19.6 Å². The third-order valence-electron chi connectivity index (χ3n) is 2.54. The summed E-state index contributed by atoms with van der Waals surface area (Å²) in [6.07, 6.45) is 0. The predicted molar refractivity (Wildman–Crippen MR) is 80.0 cm³/mol. The average Bonchev–Trinajstić information content (AvgIpc) is 2.43. The highest BCUT2D eigenvalue weighted by Crippen LogP contribution is 2.16. The molecule has 0 aromatic heterocycles. The van der Waals surface area contributed by atoms with E-state index in [1.165, 1.54) is 31.4 Å². The number of esters is 1. The Balaban J connectivity index is 2.90. The number of sulfonamides is 1. The van der Waals surface area contributed by atoms with Gasteiger partial charge >= 0.3 is 5.97 Å². The minimum atomic E-state index is -3.96. The fourth-order valence-electron chi connectivity index (χ4n) is 1.54. The van der Waals surface area contributed by atoms with Crippen LogP contribution >= 0.6 is 0 Å². The number of carbonyl (C=O) groups is 1. The van der Waals surface area contributed by atoms with Crippen molar-refractivity contribution in [3.8, 4) is 5.75 Å². The summed E-state index contributed by atoms with van der Waals surface area (Å²) in [4.78, 5) is 11.8. The molecule has 0 amide bonds. The van der Waals surface area contributed by atoms with Crippen molar-refractivity contribution in [2.75, 3.05) is 13.7 Å². The molecule has 1 aromatic rings. The van der Waals surface area contributed by atoms with E-state index in [1.54, 1.807) is 20.8 Å². The SMILES string of the molecule is COc1ccc(S(=O)(=O)NC(CO)C(=O)OC(C)(C)C)cc1. The standard InChI is InChI=1S/C14H21NO6S/c1-14(2,3)21-13(17)12(9-16)15-22(18,19)11-7-5-10(20-4)6-8-11/h5-8,12,15-16H,9H2,1-4H3. The molecule has 0 aliphatic heterocycles. The van der Waals surface area contributed by atoms with Crippen LogP contribution in [-0.4, -0.2) is 44.9 Å². The maximum atomic E-state index is 12.2. The smallest absolute Gasteiger partial charge is 0.327 e. The van der Waals surface area contributed by atoms with Gasteiger partial charge in [0.2, 0.25) is 10.0 Å². The van der Waals surface area contributed by atoms with Gasteiger partial charge in [0.05, 0.1) is 18.6 Å². The monoisotopic (exact) mass is 331 g/mol. The lowest BCUT2D eigenvalue weighted by Crippen LogP contribution is -2.46. The Morgan fingerprint density at radius 3 is 2.23 bits per heavy atom. The molecular weight excluding hydrogens is 310 g/mol. The van der Waals surface area contributed by atoms with Crippen molar-refractivity contribution in [1.29, 1.82) is 0 Å². The average molecular weight is 331 g/mol. The van der Waals surface area contributed by atoms with Crippen molar-refractivity contribution < 1.29 is 27.8 Å². The summed E-state index contributed by atoms with van der Waals surface area (Å²) in [6, 6.07) is 4.27. The number of hydrogen-bond acceptors (Lipinski definition) is 6. The van der Waals surface area contributed by atoms with Gasteiger partial charge in [0.1, 0.15) is 17.4 Å². The van der Waals surface area contributed by atoms with Crippen LogP contribution in [0.4, 0.5) is 0 Å². The van der Waals surface area contributed by atoms with Gasteiger partial charge in [0.15, 0.2) is 0 Å². The lowest BCUT2D eigenvalue weighted by molar-refractivity contribution is -0.157. The van der Waals surface area contributed by atoms with Gasteiger partial charge in [-0.05, 0) is 45.0 Å². The van der Waals surface area contributed by atoms with Crippen molar-refractivity contribution in [2.24, 2.45) is 0 Å². The highest BCUT2D eigenvalue weighted by Gasteiger charge is 2.29. The van der Waals surface area contributed by atoms with Gasteiger partial charge in [0, 0.05) is 0 Å². The Kier molecular flexibility index (Phi) is 5.92. The molecule has 0 aliphatic rings. The first-order valence-electron chi connectivity index (χ1n) is 6.59. The third-order valence-corrected chi connectivity index (χ3v) is 4.03. The molecule has 1 aromatic carbocycles. The molecule has 1 atom stereocenters. The zero-order valence-electron chi connectivity index (χ0n) is 13.0. The van der Waals surface area contributed by atoms with Gasteiger partial charge in [-0.2, -0.15) is 4.72 Å². The quantitative estimate of drug-likeness (QED) is 0.743. The summed E-state index contributed by atoms with van der Waals surface area (Å²) in [5.41, 5.74) is -0.782. The second-order valence-electron chi connectivity index (χ2n) is 5.57.